The van der Waals surface area contributed by atoms with Crippen molar-refractivity contribution in [2.24, 2.45) is 5.73 Å². The molecular formula is C13H21N3S2. The molecule has 0 spiro atoms. The lowest BCUT2D eigenvalue weighted by atomic mass is 10.0. The summed E-state index contributed by atoms with van der Waals surface area (Å²) in [5.41, 5.74) is 14.6. The van der Waals surface area contributed by atoms with Crippen molar-refractivity contribution in [1.82, 2.24) is 4.98 Å². The van der Waals surface area contributed by atoms with Crippen LogP contribution in [0.15, 0.2) is 12.3 Å². The molecule has 0 amide bonds. The van der Waals surface area contributed by atoms with Crippen LogP contribution in [0, 0.1) is 6.92 Å². The van der Waals surface area contributed by atoms with Gasteiger partial charge in [-0.05, 0) is 18.6 Å². The summed E-state index contributed by atoms with van der Waals surface area (Å²) >= 11 is 3.99. The standard InChI is InChI=1S/C13H21N3S2/c1-7-4-5-16-13(15)11(7)12(14)10-6-17-8(2)9(3)18-10/h4-5,8-10,12H,6,14H2,1-3H3,(H2,15,16). The van der Waals surface area contributed by atoms with E-state index >= 15 is 0 Å². The molecule has 4 N–H and O–H groups in total. The number of nitrogens with zero attached hydrogens (tertiary/aromatic N) is 1. The van der Waals surface area contributed by atoms with Gasteiger partial charge in [0.25, 0.3) is 0 Å². The number of nitrogen functional groups attached to an aromatic ring is 1. The average Bonchev–Trinajstić information content (AvgIpc) is 2.32. The highest BCUT2D eigenvalue weighted by Crippen LogP contribution is 2.41. The van der Waals surface area contributed by atoms with E-state index in [0.29, 0.717) is 21.6 Å². The van der Waals surface area contributed by atoms with Gasteiger partial charge in [0.15, 0.2) is 0 Å². The molecule has 4 atom stereocenters. The zero-order valence-electron chi connectivity index (χ0n) is 11.1. The predicted molar refractivity (Wildman–Crippen MR) is 83.1 cm³/mol. The fourth-order valence-corrected chi connectivity index (χ4v) is 5.23. The Morgan fingerprint density at radius 1 is 1.39 bits per heavy atom. The molecule has 3 nitrogen and oxygen atoms in total. The van der Waals surface area contributed by atoms with Gasteiger partial charge in [0.05, 0.1) is 0 Å². The van der Waals surface area contributed by atoms with Gasteiger partial charge in [0.1, 0.15) is 5.82 Å². The molecule has 0 radical (unpaired) electrons. The number of aryl methyl sites for hydroxylation is 1. The Balaban J connectivity index is 2.19. The molecule has 1 aliphatic rings. The molecule has 2 rings (SSSR count). The van der Waals surface area contributed by atoms with Gasteiger partial charge in [-0.1, -0.05) is 13.8 Å². The number of hydrogen-bond acceptors (Lipinski definition) is 5. The van der Waals surface area contributed by atoms with E-state index in [-0.39, 0.29) is 6.04 Å². The van der Waals surface area contributed by atoms with Crippen LogP contribution in [0.3, 0.4) is 0 Å². The Morgan fingerprint density at radius 3 is 2.72 bits per heavy atom. The number of rotatable bonds is 2. The normalized spacial score (nSPS) is 30.1. The molecule has 2 heterocycles. The number of pyridine rings is 1. The maximum Gasteiger partial charge on any atom is 0.128 e. The molecule has 1 aromatic heterocycles. The van der Waals surface area contributed by atoms with E-state index in [9.17, 15) is 0 Å². The lowest BCUT2D eigenvalue weighted by molar-refractivity contribution is 0.702. The van der Waals surface area contributed by atoms with Crippen LogP contribution in [-0.2, 0) is 0 Å². The summed E-state index contributed by atoms with van der Waals surface area (Å²) in [5.74, 6) is 1.67. The van der Waals surface area contributed by atoms with Crippen LogP contribution in [0.1, 0.15) is 31.0 Å². The van der Waals surface area contributed by atoms with Crippen LogP contribution in [-0.4, -0.2) is 26.5 Å². The third kappa shape index (κ3) is 2.78. The lowest BCUT2D eigenvalue weighted by Crippen LogP contribution is -2.35. The zero-order chi connectivity index (χ0) is 13.3. The van der Waals surface area contributed by atoms with E-state index in [1.807, 2.05) is 29.6 Å². The number of hydrogen-bond donors (Lipinski definition) is 2. The predicted octanol–water partition coefficient (Wildman–Crippen LogP) is 2.60. The second kappa shape index (κ2) is 5.72. The second-order valence-corrected chi connectivity index (χ2v) is 7.90. The van der Waals surface area contributed by atoms with Crippen molar-refractivity contribution in [2.75, 3.05) is 11.5 Å². The Hall–Kier alpha value is -0.390. The Bertz CT molecular complexity index is 404. The van der Waals surface area contributed by atoms with Gasteiger partial charge < -0.3 is 11.5 Å². The Kier molecular flexibility index (Phi) is 4.45. The Morgan fingerprint density at radius 2 is 2.11 bits per heavy atom. The maximum absolute atomic E-state index is 6.42. The highest BCUT2D eigenvalue weighted by molar-refractivity contribution is 8.07. The van der Waals surface area contributed by atoms with Gasteiger partial charge in [-0.3, -0.25) is 0 Å². The molecule has 0 aliphatic carbocycles. The number of aromatic nitrogens is 1. The van der Waals surface area contributed by atoms with Crippen LogP contribution in [0.4, 0.5) is 5.82 Å². The van der Waals surface area contributed by atoms with Crippen LogP contribution in [0.25, 0.3) is 0 Å². The van der Waals surface area contributed by atoms with Crippen LogP contribution >= 0.6 is 23.5 Å². The summed E-state index contributed by atoms with van der Waals surface area (Å²) < 4.78 is 0. The molecule has 18 heavy (non-hydrogen) atoms. The molecule has 0 saturated carbocycles. The summed E-state index contributed by atoms with van der Waals surface area (Å²) in [5, 5.41) is 1.76. The topological polar surface area (TPSA) is 64.9 Å². The molecule has 0 bridgehead atoms. The van der Waals surface area contributed by atoms with Crippen molar-refractivity contribution in [3.05, 3.63) is 23.4 Å². The first-order valence-electron chi connectivity index (χ1n) is 6.24. The third-order valence-corrected chi connectivity index (χ3v) is 7.06. The quantitative estimate of drug-likeness (QED) is 0.873. The van der Waals surface area contributed by atoms with Gasteiger partial charge in [-0.25, -0.2) is 4.98 Å². The number of thioether (sulfide) groups is 2. The van der Waals surface area contributed by atoms with E-state index in [2.05, 4.69) is 25.8 Å². The summed E-state index contributed by atoms with van der Waals surface area (Å²) in [6, 6.07) is 1.96. The van der Waals surface area contributed by atoms with Crippen molar-refractivity contribution in [2.45, 2.75) is 42.6 Å². The van der Waals surface area contributed by atoms with E-state index in [0.717, 1.165) is 16.9 Å². The van der Waals surface area contributed by atoms with E-state index in [1.165, 1.54) is 0 Å². The van der Waals surface area contributed by atoms with Gasteiger partial charge in [0.2, 0.25) is 0 Å². The first-order valence-corrected chi connectivity index (χ1v) is 8.23. The first-order chi connectivity index (χ1) is 8.50. The first kappa shape index (κ1) is 14.0. The molecule has 0 aromatic carbocycles. The van der Waals surface area contributed by atoms with Crippen molar-refractivity contribution < 1.29 is 0 Å². The van der Waals surface area contributed by atoms with Gasteiger partial charge in [-0.2, -0.15) is 23.5 Å². The lowest BCUT2D eigenvalue weighted by Gasteiger charge is -2.35. The average molecular weight is 283 g/mol. The monoisotopic (exact) mass is 283 g/mol. The van der Waals surface area contributed by atoms with Crippen molar-refractivity contribution >= 4 is 29.3 Å². The van der Waals surface area contributed by atoms with Crippen molar-refractivity contribution in [1.29, 1.82) is 0 Å². The minimum Gasteiger partial charge on any atom is -0.383 e. The highest BCUT2D eigenvalue weighted by atomic mass is 32.2. The molecule has 1 aliphatic heterocycles. The summed E-state index contributed by atoms with van der Waals surface area (Å²) in [6.07, 6.45) is 1.74. The van der Waals surface area contributed by atoms with Gasteiger partial charge in [-0.15, -0.1) is 0 Å². The highest BCUT2D eigenvalue weighted by Gasteiger charge is 2.31. The molecule has 4 unspecified atom stereocenters. The van der Waals surface area contributed by atoms with Crippen molar-refractivity contribution in [3.8, 4) is 0 Å². The summed E-state index contributed by atoms with van der Waals surface area (Å²) in [6.45, 7) is 6.62. The van der Waals surface area contributed by atoms with Gasteiger partial charge in [0, 0.05) is 39.3 Å². The van der Waals surface area contributed by atoms with Crippen LogP contribution in [0.5, 0.6) is 0 Å². The third-order valence-electron chi connectivity index (χ3n) is 3.55. The van der Waals surface area contributed by atoms with Crippen LogP contribution < -0.4 is 11.5 Å². The molecule has 100 valence electrons. The van der Waals surface area contributed by atoms with E-state index < -0.39 is 0 Å². The zero-order valence-corrected chi connectivity index (χ0v) is 12.7. The van der Waals surface area contributed by atoms with E-state index in [4.69, 9.17) is 11.5 Å². The van der Waals surface area contributed by atoms with Crippen molar-refractivity contribution in [3.63, 3.8) is 0 Å². The summed E-state index contributed by atoms with van der Waals surface area (Å²) in [4.78, 5) is 4.17. The minimum absolute atomic E-state index is 0.0221. The fourth-order valence-electron chi connectivity index (χ4n) is 2.21. The smallest absolute Gasteiger partial charge is 0.128 e. The fraction of sp³-hybridized carbons (Fsp3) is 0.615. The molecule has 1 fully saturated rings. The van der Waals surface area contributed by atoms with Crippen LogP contribution in [0.2, 0.25) is 0 Å². The molecule has 1 saturated heterocycles. The Labute approximate surface area is 117 Å². The number of nitrogens with two attached hydrogens (primary N) is 2. The SMILES string of the molecule is Cc1ccnc(N)c1C(N)C1CSC(C)C(C)S1. The largest absolute Gasteiger partial charge is 0.383 e. The van der Waals surface area contributed by atoms with E-state index in [1.54, 1.807) is 6.20 Å². The minimum atomic E-state index is -0.0221. The second-order valence-electron chi connectivity index (χ2n) is 4.87. The molecule has 5 heteroatoms. The summed E-state index contributed by atoms with van der Waals surface area (Å²) in [7, 11) is 0. The maximum atomic E-state index is 6.42. The molecular weight excluding hydrogens is 262 g/mol. The molecule has 1 aromatic rings. The van der Waals surface area contributed by atoms with Gasteiger partial charge >= 0.3 is 0 Å². The number of anilines is 1.